The molecule has 132 valence electrons. The highest BCUT2D eigenvalue weighted by atomic mass is 32.2. The predicted molar refractivity (Wildman–Crippen MR) is 112 cm³/mol. The van der Waals surface area contributed by atoms with E-state index in [1.54, 1.807) is 11.8 Å². The molecule has 0 unspecified atom stereocenters. The molecule has 25 heavy (non-hydrogen) atoms. The van der Waals surface area contributed by atoms with Crippen molar-refractivity contribution >= 4 is 39.5 Å². The second kappa shape index (κ2) is 8.32. The summed E-state index contributed by atoms with van der Waals surface area (Å²) in [6, 6.07) is 10.9. The Hall–Kier alpha value is -1.40. The number of hydrogen-bond donors (Lipinski definition) is 1. The second-order valence-electron chi connectivity index (χ2n) is 6.55. The predicted octanol–water partition coefficient (Wildman–Crippen LogP) is 4.78. The van der Waals surface area contributed by atoms with Gasteiger partial charge in [-0.25, -0.2) is 0 Å². The van der Waals surface area contributed by atoms with Crippen LogP contribution in [0.4, 0.5) is 5.69 Å². The number of amidine groups is 2. The minimum Gasteiger partial charge on any atom is -0.335 e. The monoisotopic (exact) mass is 372 g/mol. The minimum absolute atomic E-state index is 0.475. The van der Waals surface area contributed by atoms with Crippen molar-refractivity contribution in [2.24, 2.45) is 9.98 Å². The number of para-hydroxylation sites is 1. The van der Waals surface area contributed by atoms with Crippen molar-refractivity contribution in [1.82, 2.24) is 4.90 Å². The van der Waals surface area contributed by atoms with E-state index in [-0.39, 0.29) is 0 Å². The molecular weight excluding hydrogens is 348 g/mol. The van der Waals surface area contributed by atoms with Gasteiger partial charge in [-0.3, -0.25) is 9.98 Å². The van der Waals surface area contributed by atoms with Crippen LogP contribution in [0.15, 0.2) is 51.4 Å². The van der Waals surface area contributed by atoms with Crippen LogP contribution in [0.5, 0.6) is 0 Å². The van der Waals surface area contributed by atoms with Crippen LogP contribution in [-0.4, -0.2) is 40.1 Å². The number of rotatable bonds is 4. The van der Waals surface area contributed by atoms with Crippen molar-refractivity contribution in [3.05, 3.63) is 41.4 Å². The number of benzene rings is 1. The zero-order valence-electron chi connectivity index (χ0n) is 14.4. The van der Waals surface area contributed by atoms with Gasteiger partial charge < -0.3 is 10.2 Å². The van der Waals surface area contributed by atoms with Crippen molar-refractivity contribution in [3.63, 3.8) is 0 Å². The third-order valence-corrected chi connectivity index (χ3v) is 6.58. The molecule has 1 N–H and O–H groups in total. The summed E-state index contributed by atoms with van der Waals surface area (Å²) in [5, 5.41) is 8.00. The van der Waals surface area contributed by atoms with Gasteiger partial charge >= 0.3 is 0 Å². The first-order valence-electron chi connectivity index (χ1n) is 9.09. The fourth-order valence-corrected chi connectivity index (χ4v) is 5.36. The third kappa shape index (κ3) is 4.42. The number of fused-ring (bicyclic) bond motifs is 1. The Morgan fingerprint density at radius 1 is 1.24 bits per heavy atom. The van der Waals surface area contributed by atoms with Crippen LogP contribution in [0.25, 0.3) is 0 Å². The normalized spacial score (nSPS) is 21.1. The van der Waals surface area contributed by atoms with Crippen molar-refractivity contribution in [2.75, 3.05) is 24.2 Å². The molecule has 0 amide bonds. The van der Waals surface area contributed by atoms with E-state index in [0.717, 1.165) is 34.9 Å². The van der Waals surface area contributed by atoms with Gasteiger partial charge in [0, 0.05) is 23.7 Å². The van der Waals surface area contributed by atoms with Crippen LogP contribution in [0.3, 0.4) is 0 Å². The maximum atomic E-state index is 5.06. The van der Waals surface area contributed by atoms with Gasteiger partial charge in [0.05, 0.1) is 12.6 Å². The Kier molecular flexibility index (Phi) is 5.67. The molecule has 0 radical (unpaired) electrons. The van der Waals surface area contributed by atoms with Crippen LogP contribution >= 0.6 is 23.5 Å². The smallest absolute Gasteiger partial charge is 0.167 e. The quantitative estimate of drug-likeness (QED) is 0.610. The molecule has 4 rings (SSSR count). The lowest BCUT2D eigenvalue weighted by atomic mass is 9.96. The van der Waals surface area contributed by atoms with E-state index >= 15 is 0 Å². The molecule has 1 aliphatic carbocycles. The van der Waals surface area contributed by atoms with Crippen molar-refractivity contribution < 1.29 is 0 Å². The first kappa shape index (κ1) is 17.0. The van der Waals surface area contributed by atoms with E-state index in [0.29, 0.717) is 6.04 Å². The number of aliphatic imine (C=N–C) groups is 2. The molecule has 0 aromatic heterocycles. The highest BCUT2D eigenvalue weighted by molar-refractivity contribution is 8.17. The van der Waals surface area contributed by atoms with E-state index in [1.807, 2.05) is 17.8 Å². The van der Waals surface area contributed by atoms with E-state index < -0.39 is 0 Å². The maximum Gasteiger partial charge on any atom is 0.167 e. The molecule has 6 heteroatoms. The van der Waals surface area contributed by atoms with E-state index in [2.05, 4.69) is 44.9 Å². The number of nitrogens with zero attached hydrogens (tertiary/aromatic N) is 3. The second-order valence-corrected chi connectivity index (χ2v) is 8.35. The molecule has 3 aliphatic rings. The highest BCUT2D eigenvalue weighted by Crippen LogP contribution is 2.31. The van der Waals surface area contributed by atoms with Crippen LogP contribution in [-0.2, 0) is 0 Å². The summed E-state index contributed by atoms with van der Waals surface area (Å²) >= 11 is 3.57. The molecule has 0 saturated heterocycles. The summed E-state index contributed by atoms with van der Waals surface area (Å²) in [5.41, 5.74) is 2.47. The van der Waals surface area contributed by atoms with E-state index in [1.165, 1.54) is 37.8 Å². The van der Waals surface area contributed by atoms with Crippen LogP contribution in [0, 0.1) is 0 Å². The van der Waals surface area contributed by atoms with Gasteiger partial charge in [-0.1, -0.05) is 61.0 Å². The maximum absolute atomic E-state index is 5.06. The van der Waals surface area contributed by atoms with Crippen molar-refractivity contribution in [3.8, 4) is 0 Å². The molecule has 0 bridgehead atoms. The Morgan fingerprint density at radius 2 is 2.08 bits per heavy atom. The molecule has 1 aromatic rings. The molecule has 0 atom stereocenters. The zero-order chi connectivity index (χ0) is 16.9. The van der Waals surface area contributed by atoms with Crippen LogP contribution < -0.4 is 5.32 Å². The average Bonchev–Trinajstić information content (AvgIpc) is 3.26. The fraction of sp³-hybridized carbons (Fsp3) is 0.474. The first-order chi connectivity index (χ1) is 12.4. The summed E-state index contributed by atoms with van der Waals surface area (Å²) in [6.07, 6.45) is 6.44. The molecule has 1 fully saturated rings. The van der Waals surface area contributed by atoms with E-state index in [4.69, 9.17) is 4.99 Å². The van der Waals surface area contributed by atoms with Gasteiger partial charge in [0.25, 0.3) is 0 Å². The standard InChI is InChI=1S/C19H24N4S2/c1-3-7-15(8-4-1)21-18(22-16-9-5-2-6-10-16)24-13-17-14-25-19-20-11-12-23(17)19/h1,3-4,7-8,14,16H,2,5-6,9-13H2,(H,21,22). The molecule has 4 nitrogen and oxygen atoms in total. The summed E-state index contributed by atoms with van der Waals surface area (Å²) < 4.78 is 0. The Balaban J connectivity index is 1.43. The molecule has 2 aliphatic heterocycles. The SMILES string of the molecule is C1=C(CSC(=NC2CCCCC2)Nc2ccccc2)N2CCN=C2S1. The third-order valence-electron chi connectivity index (χ3n) is 4.70. The van der Waals surface area contributed by atoms with Crippen LogP contribution in [0.1, 0.15) is 32.1 Å². The Morgan fingerprint density at radius 3 is 2.92 bits per heavy atom. The Bertz CT molecular complexity index is 678. The minimum atomic E-state index is 0.475. The molecular formula is C19H24N4S2. The lowest BCUT2D eigenvalue weighted by molar-refractivity contribution is 0.444. The number of nitrogens with one attached hydrogen (secondary N) is 1. The van der Waals surface area contributed by atoms with Crippen LogP contribution in [0.2, 0.25) is 0 Å². The van der Waals surface area contributed by atoms with Crippen molar-refractivity contribution in [1.29, 1.82) is 0 Å². The Labute approximate surface area is 158 Å². The van der Waals surface area contributed by atoms with Crippen molar-refractivity contribution in [2.45, 2.75) is 38.1 Å². The number of hydrogen-bond acceptors (Lipinski definition) is 5. The van der Waals surface area contributed by atoms with Gasteiger partial charge in [0.2, 0.25) is 0 Å². The molecule has 1 saturated carbocycles. The van der Waals surface area contributed by atoms with Gasteiger partial charge in [0.1, 0.15) is 0 Å². The number of anilines is 1. The van der Waals surface area contributed by atoms with Gasteiger partial charge in [-0.2, -0.15) is 0 Å². The topological polar surface area (TPSA) is 40.0 Å². The molecule has 2 heterocycles. The lowest BCUT2D eigenvalue weighted by Gasteiger charge is -2.21. The zero-order valence-corrected chi connectivity index (χ0v) is 16.0. The lowest BCUT2D eigenvalue weighted by Crippen LogP contribution is -2.23. The molecule has 1 aromatic carbocycles. The average molecular weight is 373 g/mol. The summed E-state index contributed by atoms with van der Waals surface area (Å²) in [4.78, 5) is 11.9. The summed E-state index contributed by atoms with van der Waals surface area (Å²) in [5.74, 6) is 0.942. The first-order valence-corrected chi connectivity index (χ1v) is 11.0. The van der Waals surface area contributed by atoms with Gasteiger partial charge in [-0.05, 0) is 30.4 Å². The van der Waals surface area contributed by atoms with Gasteiger partial charge in [-0.15, -0.1) is 0 Å². The fourth-order valence-electron chi connectivity index (χ4n) is 3.36. The highest BCUT2D eigenvalue weighted by Gasteiger charge is 2.26. The largest absolute Gasteiger partial charge is 0.335 e. The van der Waals surface area contributed by atoms with E-state index in [9.17, 15) is 0 Å². The summed E-state index contributed by atoms with van der Waals surface area (Å²) in [6.45, 7) is 1.95. The van der Waals surface area contributed by atoms with Gasteiger partial charge in [0.15, 0.2) is 10.3 Å². The summed E-state index contributed by atoms with van der Waals surface area (Å²) in [7, 11) is 0. The number of thioether (sulfide) groups is 2. The molecule has 0 spiro atoms.